The number of imidazole rings is 1. The molecule has 2 aromatic rings. The monoisotopic (exact) mass is 243 g/mol. The Hall–Kier alpha value is -1.61. The maximum Gasteiger partial charge on any atom is 0.106 e. The SMILES string of the molecule is Cc1ccc(-c2cnc(CC(C)CN)[nH]2)c(C)c1. The number of nitrogens with one attached hydrogen (secondary N) is 1. The molecule has 0 saturated heterocycles. The van der Waals surface area contributed by atoms with E-state index in [2.05, 4.69) is 48.9 Å². The highest BCUT2D eigenvalue weighted by Crippen LogP contribution is 2.22. The van der Waals surface area contributed by atoms with E-state index in [1.54, 1.807) is 0 Å². The van der Waals surface area contributed by atoms with Crippen molar-refractivity contribution in [3.63, 3.8) is 0 Å². The quantitative estimate of drug-likeness (QED) is 0.867. The van der Waals surface area contributed by atoms with E-state index in [1.165, 1.54) is 16.7 Å². The van der Waals surface area contributed by atoms with Crippen molar-refractivity contribution < 1.29 is 0 Å². The maximum atomic E-state index is 5.64. The number of hydrogen-bond donors (Lipinski definition) is 2. The number of hydrogen-bond acceptors (Lipinski definition) is 2. The van der Waals surface area contributed by atoms with Crippen LogP contribution in [0.5, 0.6) is 0 Å². The zero-order valence-corrected chi connectivity index (χ0v) is 11.3. The molecule has 0 spiro atoms. The number of rotatable bonds is 4. The van der Waals surface area contributed by atoms with E-state index in [0.29, 0.717) is 12.5 Å². The third-order valence-electron chi connectivity index (χ3n) is 3.24. The minimum absolute atomic E-state index is 0.461. The second kappa shape index (κ2) is 5.36. The first-order valence-electron chi connectivity index (χ1n) is 6.41. The highest BCUT2D eigenvalue weighted by Gasteiger charge is 2.08. The molecule has 1 heterocycles. The Morgan fingerprint density at radius 3 is 2.78 bits per heavy atom. The number of aromatic amines is 1. The molecule has 1 atom stereocenters. The van der Waals surface area contributed by atoms with Crippen LogP contribution in [0, 0.1) is 19.8 Å². The second-order valence-electron chi connectivity index (χ2n) is 5.11. The Labute approximate surface area is 108 Å². The predicted octanol–water partition coefficient (Wildman–Crippen LogP) is 2.83. The molecule has 0 bridgehead atoms. The molecule has 18 heavy (non-hydrogen) atoms. The Bertz CT molecular complexity index is 528. The molecule has 96 valence electrons. The fraction of sp³-hybridized carbons (Fsp3) is 0.400. The van der Waals surface area contributed by atoms with Gasteiger partial charge in [0, 0.05) is 12.0 Å². The van der Waals surface area contributed by atoms with Gasteiger partial charge in [0.1, 0.15) is 5.82 Å². The van der Waals surface area contributed by atoms with Crippen LogP contribution in [0.4, 0.5) is 0 Å². The molecule has 0 aliphatic heterocycles. The highest BCUT2D eigenvalue weighted by molar-refractivity contribution is 5.63. The molecule has 0 fully saturated rings. The second-order valence-corrected chi connectivity index (χ2v) is 5.11. The Kier molecular flexibility index (Phi) is 3.82. The lowest BCUT2D eigenvalue weighted by molar-refractivity contribution is 0.577. The van der Waals surface area contributed by atoms with Crippen LogP contribution in [0.3, 0.4) is 0 Å². The van der Waals surface area contributed by atoms with Gasteiger partial charge in [0.05, 0.1) is 11.9 Å². The number of H-pyrrole nitrogens is 1. The average Bonchev–Trinajstić information content (AvgIpc) is 2.77. The van der Waals surface area contributed by atoms with Gasteiger partial charge >= 0.3 is 0 Å². The number of aryl methyl sites for hydroxylation is 2. The van der Waals surface area contributed by atoms with Crippen molar-refractivity contribution in [3.05, 3.63) is 41.3 Å². The van der Waals surface area contributed by atoms with Crippen LogP contribution in [-0.4, -0.2) is 16.5 Å². The average molecular weight is 243 g/mol. The van der Waals surface area contributed by atoms with E-state index in [9.17, 15) is 0 Å². The van der Waals surface area contributed by atoms with Crippen molar-refractivity contribution in [2.75, 3.05) is 6.54 Å². The van der Waals surface area contributed by atoms with Crippen molar-refractivity contribution >= 4 is 0 Å². The molecule has 1 unspecified atom stereocenters. The van der Waals surface area contributed by atoms with Crippen molar-refractivity contribution in [1.82, 2.24) is 9.97 Å². The molecule has 2 rings (SSSR count). The summed E-state index contributed by atoms with van der Waals surface area (Å²) in [6, 6.07) is 6.47. The summed E-state index contributed by atoms with van der Waals surface area (Å²) in [6.45, 7) is 7.07. The van der Waals surface area contributed by atoms with E-state index in [4.69, 9.17) is 5.73 Å². The van der Waals surface area contributed by atoms with E-state index in [-0.39, 0.29) is 0 Å². The lowest BCUT2D eigenvalue weighted by Crippen LogP contribution is -2.13. The summed E-state index contributed by atoms with van der Waals surface area (Å²) >= 11 is 0. The molecule has 1 aromatic carbocycles. The first kappa shape index (κ1) is 12.8. The molecule has 3 N–H and O–H groups in total. The summed E-state index contributed by atoms with van der Waals surface area (Å²) in [7, 11) is 0. The fourth-order valence-corrected chi connectivity index (χ4v) is 2.13. The molecule has 3 nitrogen and oxygen atoms in total. The summed E-state index contributed by atoms with van der Waals surface area (Å²) in [6.07, 6.45) is 2.82. The van der Waals surface area contributed by atoms with E-state index in [0.717, 1.165) is 17.9 Å². The van der Waals surface area contributed by atoms with Gasteiger partial charge in [0.25, 0.3) is 0 Å². The Morgan fingerprint density at radius 1 is 1.33 bits per heavy atom. The first-order chi connectivity index (χ1) is 8.60. The smallest absolute Gasteiger partial charge is 0.106 e. The number of aromatic nitrogens is 2. The van der Waals surface area contributed by atoms with Crippen LogP contribution in [0.15, 0.2) is 24.4 Å². The third kappa shape index (κ3) is 2.79. The van der Waals surface area contributed by atoms with Gasteiger partial charge in [-0.05, 0) is 31.9 Å². The van der Waals surface area contributed by atoms with Gasteiger partial charge in [-0.1, -0.05) is 30.7 Å². The third-order valence-corrected chi connectivity index (χ3v) is 3.24. The first-order valence-corrected chi connectivity index (χ1v) is 6.41. The largest absolute Gasteiger partial charge is 0.342 e. The van der Waals surface area contributed by atoms with Crippen molar-refractivity contribution in [3.8, 4) is 11.3 Å². The summed E-state index contributed by atoms with van der Waals surface area (Å²) in [5.74, 6) is 1.48. The van der Waals surface area contributed by atoms with Crippen LogP contribution >= 0.6 is 0 Å². The Balaban J connectivity index is 2.24. The summed E-state index contributed by atoms with van der Waals surface area (Å²) in [5, 5.41) is 0. The topological polar surface area (TPSA) is 54.7 Å². The van der Waals surface area contributed by atoms with Crippen molar-refractivity contribution in [2.45, 2.75) is 27.2 Å². The lowest BCUT2D eigenvalue weighted by Gasteiger charge is -2.06. The van der Waals surface area contributed by atoms with Gasteiger partial charge in [0.15, 0.2) is 0 Å². The zero-order valence-electron chi connectivity index (χ0n) is 11.3. The van der Waals surface area contributed by atoms with Crippen LogP contribution in [0.1, 0.15) is 23.9 Å². The highest BCUT2D eigenvalue weighted by atomic mass is 14.9. The molecular formula is C15H21N3. The van der Waals surface area contributed by atoms with Gasteiger partial charge in [-0.2, -0.15) is 0 Å². The number of nitrogens with two attached hydrogens (primary N) is 1. The minimum atomic E-state index is 0.461. The van der Waals surface area contributed by atoms with E-state index >= 15 is 0 Å². The Morgan fingerprint density at radius 2 is 2.11 bits per heavy atom. The fourth-order valence-electron chi connectivity index (χ4n) is 2.13. The molecular weight excluding hydrogens is 222 g/mol. The number of benzene rings is 1. The standard InChI is InChI=1S/C15H21N3/c1-10-4-5-13(12(3)6-10)14-9-17-15(18-14)7-11(2)8-16/h4-6,9,11H,7-8,16H2,1-3H3,(H,17,18). The van der Waals surface area contributed by atoms with E-state index in [1.807, 2.05) is 6.20 Å². The summed E-state index contributed by atoms with van der Waals surface area (Å²) in [5.41, 5.74) is 10.5. The van der Waals surface area contributed by atoms with Gasteiger partial charge in [-0.25, -0.2) is 4.98 Å². The zero-order chi connectivity index (χ0) is 13.1. The summed E-state index contributed by atoms with van der Waals surface area (Å²) < 4.78 is 0. The van der Waals surface area contributed by atoms with E-state index < -0.39 is 0 Å². The molecule has 0 radical (unpaired) electrons. The van der Waals surface area contributed by atoms with Crippen LogP contribution in [0.2, 0.25) is 0 Å². The predicted molar refractivity (Wildman–Crippen MR) is 75.4 cm³/mol. The number of nitrogens with zero attached hydrogens (tertiary/aromatic N) is 1. The normalized spacial score (nSPS) is 12.7. The van der Waals surface area contributed by atoms with Gasteiger partial charge in [-0.15, -0.1) is 0 Å². The molecule has 0 saturated carbocycles. The maximum absolute atomic E-state index is 5.64. The van der Waals surface area contributed by atoms with Crippen molar-refractivity contribution in [2.24, 2.45) is 11.7 Å². The lowest BCUT2D eigenvalue weighted by atomic mass is 10.0. The summed E-state index contributed by atoms with van der Waals surface area (Å²) in [4.78, 5) is 7.82. The van der Waals surface area contributed by atoms with Gasteiger partial charge in [0.2, 0.25) is 0 Å². The molecule has 3 heteroatoms. The van der Waals surface area contributed by atoms with Crippen LogP contribution in [-0.2, 0) is 6.42 Å². The van der Waals surface area contributed by atoms with Gasteiger partial charge < -0.3 is 10.7 Å². The van der Waals surface area contributed by atoms with Crippen molar-refractivity contribution in [1.29, 1.82) is 0 Å². The van der Waals surface area contributed by atoms with Gasteiger partial charge in [-0.3, -0.25) is 0 Å². The molecule has 0 aliphatic carbocycles. The molecule has 1 aromatic heterocycles. The van der Waals surface area contributed by atoms with Crippen LogP contribution < -0.4 is 5.73 Å². The molecule has 0 aliphatic rings. The van der Waals surface area contributed by atoms with Crippen LogP contribution in [0.25, 0.3) is 11.3 Å². The minimum Gasteiger partial charge on any atom is -0.342 e. The molecule has 0 amide bonds.